The lowest BCUT2D eigenvalue weighted by atomic mass is 10.1. The molecule has 0 unspecified atom stereocenters. The van der Waals surface area contributed by atoms with Gasteiger partial charge in [0.25, 0.3) is 0 Å². The molecule has 1 N–H and O–H groups in total. The third kappa shape index (κ3) is 4.69. The first-order valence-electron chi connectivity index (χ1n) is 9.04. The number of azide groups is 1. The van der Waals surface area contributed by atoms with Gasteiger partial charge >= 0.3 is 0 Å². The van der Waals surface area contributed by atoms with Gasteiger partial charge in [-0.2, -0.15) is 5.10 Å². The Labute approximate surface area is 176 Å². The first-order chi connectivity index (χ1) is 14.1. The average molecular weight is 461 g/mol. The maximum atomic E-state index is 8.74. The quantitative estimate of drug-likeness (QED) is 0.211. The lowest BCUT2D eigenvalue weighted by Crippen LogP contribution is -2.06. The second-order valence-electron chi connectivity index (χ2n) is 6.19. The number of unbranched alkanes of at least 4 members (excludes halogenated alkanes) is 1. The Kier molecular flexibility index (Phi) is 6.73. The van der Waals surface area contributed by atoms with Crippen molar-refractivity contribution in [1.82, 2.24) is 19.7 Å². The smallest absolute Gasteiger partial charge is 0.219 e. The van der Waals surface area contributed by atoms with Crippen molar-refractivity contribution in [3.63, 3.8) is 0 Å². The fourth-order valence-electron chi connectivity index (χ4n) is 2.89. The van der Waals surface area contributed by atoms with Crippen LogP contribution in [0.5, 0.6) is 11.5 Å². The number of nitrogens with one attached hydrogen (secondary N) is 1. The number of nitrogens with zero attached hydrogens (tertiary/aromatic N) is 7. The minimum Gasteiger partial charge on any atom is -0.496 e. The number of hydrogen-bond acceptors (Lipinski definition) is 7. The van der Waals surface area contributed by atoms with Crippen LogP contribution in [0.4, 0.5) is 11.8 Å². The number of rotatable bonds is 9. The maximum absolute atomic E-state index is 8.74. The lowest BCUT2D eigenvalue weighted by molar-refractivity contribution is 0.381. The first-order valence-corrected chi connectivity index (χ1v) is 9.83. The molecule has 0 saturated carbocycles. The standard InChI is InChI=1S/C18H21BrN8O2/c1-4-5-6-21-17-16-13(22-18(23-17)24-26-20)10-27(25-16)9-12-14(28-2)7-11(19)8-15(12)29-3/h7-8,10H,4-6,9H2,1-3H3,(H,21,22,23). The molecule has 0 aliphatic rings. The monoisotopic (exact) mass is 460 g/mol. The molecular weight excluding hydrogens is 440 g/mol. The summed E-state index contributed by atoms with van der Waals surface area (Å²) in [4.78, 5) is 11.4. The van der Waals surface area contributed by atoms with Crippen LogP contribution >= 0.6 is 15.9 Å². The molecule has 152 valence electrons. The molecule has 29 heavy (non-hydrogen) atoms. The normalized spacial score (nSPS) is 10.6. The molecule has 0 aliphatic heterocycles. The number of methoxy groups -OCH3 is 2. The Hall–Kier alpha value is -3.04. The van der Waals surface area contributed by atoms with Crippen molar-refractivity contribution in [2.24, 2.45) is 5.11 Å². The van der Waals surface area contributed by atoms with Crippen LogP contribution in [0, 0.1) is 0 Å². The predicted octanol–water partition coefficient (Wildman–Crippen LogP) is 4.81. The lowest BCUT2D eigenvalue weighted by Gasteiger charge is -2.14. The molecular formula is C18H21BrN8O2. The highest BCUT2D eigenvalue weighted by Gasteiger charge is 2.16. The van der Waals surface area contributed by atoms with E-state index in [1.807, 2.05) is 12.1 Å². The Morgan fingerprint density at radius 2 is 1.97 bits per heavy atom. The molecule has 1 aromatic carbocycles. The van der Waals surface area contributed by atoms with Gasteiger partial charge < -0.3 is 14.8 Å². The van der Waals surface area contributed by atoms with Crippen molar-refractivity contribution < 1.29 is 9.47 Å². The summed E-state index contributed by atoms with van der Waals surface area (Å²) in [5, 5.41) is 11.4. The zero-order chi connectivity index (χ0) is 20.8. The largest absolute Gasteiger partial charge is 0.496 e. The third-order valence-electron chi connectivity index (χ3n) is 4.25. The summed E-state index contributed by atoms with van der Waals surface area (Å²) in [6.07, 6.45) is 3.80. The van der Waals surface area contributed by atoms with E-state index in [2.05, 4.69) is 53.3 Å². The van der Waals surface area contributed by atoms with Gasteiger partial charge in [-0.3, -0.25) is 4.68 Å². The van der Waals surface area contributed by atoms with Gasteiger partial charge in [-0.05, 0) is 29.2 Å². The van der Waals surface area contributed by atoms with Gasteiger partial charge in [-0.25, -0.2) is 9.97 Å². The molecule has 0 saturated heterocycles. The van der Waals surface area contributed by atoms with E-state index in [0.29, 0.717) is 34.9 Å². The van der Waals surface area contributed by atoms with Gasteiger partial charge in [0, 0.05) is 15.9 Å². The number of anilines is 1. The molecule has 0 spiro atoms. The molecule has 3 aromatic rings. The van der Waals surface area contributed by atoms with Crippen LogP contribution in [0.3, 0.4) is 0 Å². The van der Waals surface area contributed by atoms with E-state index in [1.54, 1.807) is 25.1 Å². The zero-order valence-electron chi connectivity index (χ0n) is 16.4. The van der Waals surface area contributed by atoms with Crippen LogP contribution in [0.1, 0.15) is 25.3 Å². The van der Waals surface area contributed by atoms with Crippen molar-refractivity contribution in [2.45, 2.75) is 26.3 Å². The summed E-state index contributed by atoms with van der Waals surface area (Å²) in [6.45, 7) is 3.25. The van der Waals surface area contributed by atoms with Crippen LogP contribution in [-0.4, -0.2) is 40.5 Å². The second kappa shape index (κ2) is 9.44. The third-order valence-corrected chi connectivity index (χ3v) is 4.71. The zero-order valence-corrected chi connectivity index (χ0v) is 18.0. The molecule has 3 rings (SSSR count). The van der Waals surface area contributed by atoms with Crippen molar-refractivity contribution in [3.05, 3.63) is 38.8 Å². The summed E-state index contributed by atoms with van der Waals surface area (Å²) in [7, 11) is 3.22. The number of ether oxygens (including phenoxy) is 2. The molecule has 11 heteroatoms. The molecule has 2 aromatic heterocycles. The maximum Gasteiger partial charge on any atom is 0.219 e. The van der Waals surface area contributed by atoms with E-state index >= 15 is 0 Å². The average Bonchev–Trinajstić information content (AvgIpc) is 3.12. The van der Waals surface area contributed by atoms with E-state index in [0.717, 1.165) is 29.4 Å². The van der Waals surface area contributed by atoms with E-state index in [4.69, 9.17) is 15.0 Å². The van der Waals surface area contributed by atoms with E-state index < -0.39 is 0 Å². The number of aromatic nitrogens is 4. The van der Waals surface area contributed by atoms with Crippen molar-refractivity contribution in [3.8, 4) is 11.5 Å². The number of fused-ring (bicyclic) bond motifs is 1. The fraction of sp³-hybridized carbons (Fsp3) is 0.389. The molecule has 10 nitrogen and oxygen atoms in total. The highest BCUT2D eigenvalue weighted by Crippen LogP contribution is 2.34. The molecule has 2 heterocycles. The Morgan fingerprint density at radius 1 is 1.24 bits per heavy atom. The summed E-state index contributed by atoms with van der Waals surface area (Å²) in [5.74, 6) is 1.95. The Balaban J connectivity index is 2.03. The molecule has 0 atom stereocenters. The van der Waals surface area contributed by atoms with E-state index in [1.165, 1.54) is 0 Å². The van der Waals surface area contributed by atoms with Crippen molar-refractivity contribution in [2.75, 3.05) is 26.1 Å². The highest BCUT2D eigenvalue weighted by atomic mass is 79.9. The van der Waals surface area contributed by atoms with Gasteiger partial charge in [0.1, 0.15) is 17.0 Å². The fourth-order valence-corrected chi connectivity index (χ4v) is 3.31. The van der Waals surface area contributed by atoms with Gasteiger partial charge in [0.05, 0.1) is 32.5 Å². The Bertz CT molecular complexity index is 1040. The summed E-state index contributed by atoms with van der Waals surface area (Å²) >= 11 is 3.46. The number of hydrogen-bond donors (Lipinski definition) is 1. The SMILES string of the molecule is CCCCNc1nc(N=[N+]=[N-])nc2cn(Cc3c(OC)cc(Br)cc3OC)nc12. The Morgan fingerprint density at radius 3 is 2.59 bits per heavy atom. The van der Waals surface area contributed by atoms with Gasteiger partial charge in [0.2, 0.25) is 5.95 Å². The molecule has 0 fully saturated rings. The minimum absolute atomic E-state index is 0.0531. The van der Waals surface area contributed by atoms with Crippen molar-refractivity contribution in [1.29, 1.82) is 0 Å². The second-order valence-corrected chi connectivity index (χ2v) is 7.11. The van der Waals surface area contributed by atoms with Gasteiger partial charge in [0.15, 0.2) is 11.3 Å². The van der Waals surface area contributed by atoms with Crippen LogP contribution in [0.25, 0.3) is 21.5 Å². The summed E-state index contributed by atoms with van der Waals surface area (Å²) < 4.78 is 13.6. The van der Waals surface area contributed by atoms with Crippen LogP contribution in [0.2, 0.25) is 0 Å². The van der Waals surface area contributed by atoms with E-state index in [-0.39, 0.29) is 5.95 Å². The molecule has 0 bridgehead atoms. The number of benzene rings is 1. The van der Waals surface area contributed by atoms with Crippen LogP contribution in [0.15, 0.2) is 27.9 Å². The van der Waals surface area contributed by atoms with Gasteiger partial charge in [-0.1, -0.05) is 29.3 Å². The molecule has 0 radical (unpaired) electrons. The minimum atomic E-state index is 0.0531. The van der Waals surface area contributed by atoms with Crippen LogP contribution in [-0.2, 0) is 6.54 Å². The van der Waals surface area contributed by atoms with Gasteiger partial charge in [-0.15, -0.1) is 0 Å². The van der Waals surface area contributed by atoms with Crippen molar-refractivity contribution >= 4 is 38.7 Å². The highest BCUT2D eigenvalue weighted by molar-refractivity contribution is 9.10. The number of halogens is 1. The summed E-state index contributed by atoms with van der Waals surface area (Å²) in [6, 6.07) is 3.75. The van der Waals surface area contributed by atoms with E-state index in [9.17, 15) is 0 Å². The van der Waals surface area contributed by atoms with Crippen LogP contribution < -0.4 is 14.8 Å². The summed E-state index contributed by atoms with van der Waals surface area (Å²) in [5.41, 5.74) is 10.8. The molecule has 0 amide bonds. The first kappa shape index (κ1) is 20.7. The predicted molar refractivity (Wildman–Crippen MR) is 114 cm³/mol. The topological polar surface area (TPSA) is 123 Å². The molecule has 0 aliphatic carbocycles.